The van der Waals surface area contributed by atoms with Crippen molar-refractivity contribution < 1.29 is 23.8 Å². The highest BCUT2D eigenvalue weighted by molar-refractivity contribution is 5.97. The Kier molecular flexibility index (Phi) is 7.24. The maximum Gasteiger partial charge on any atom is 0.309 e. The van der Waals surface area contributed by atoms with Crippen LogP contribution in [0.15, 0.2) is 24.3 Å². The van der Waals surface area contributed by atoms with E-state index < -0.39 is 0 Å². The number of esters is 1. The molecule has 2 heterocycles. The highest BCUT2D eigenvalue weighted by Gasteiger charge is 2.43. The second kappa shape index (κ2) is 9.54. The topological polar surface area (TPSA) is 94.3 Å². The largest absolute Gasteiger partial charge is 0.465 e. The molecule has 0 aliphatic carbocycles. The van der Waals surface area contributed by atoms with Crippen LogP contribution in [0.4, 0.5) is 5.69 Å². The molecule has 0 unspecified atom stereocenters. The van der Waals surface area contributed by atoms with Gasteiger partial charge in [-0.2, -0.15) is 0 Å². The van der Waals surface area contributed by atoms with Gasteiger partial charge in [-0.1, -0.05) is 26.0 Å². The van der Waals surface area contributed by atoms with Crippen molar-refractivity contribution in [2.24, 2.45) is 17.6 Å². The van der Waals surface area contributed by atoms with E-state index in [4.69, 9.17) is 19.9 Å². The molecule has 1 aromatic rings. The number of para-hydroxylation sites is 2. The Morgan fingerprint density at radius 1 is 1.26 bits per heavy atom. The van der Waals surface area contributed by atoms with E-state index in [1.54, 1.807) is 12.0 Å². The smallest absolute Gasteiger partial charge is 0.309 e. The van der Waals surface area contributed by atoms with E-state index in [0.29, 0.717) is 25.3 Å². The lowest BCUT2D eigenvalue weighted by atomic mass is 9.90. The van der Waals surface area contributed by atoms with E-state index in [9.17, 15) is 9.59 Å². The molecule has 8 heteroatoms. The molecule has 3 atom stereocenters. The van der Waals surface area contributed by atoms with E-state index in [0.717, 1.165) is 5.69 Å². The summed E-state index contributed by atoms with van der Waals surface area (Å²) >= 11 is 0. The average molecular weight is 434 g/mol. The van der Waals surface area contributed by atoms with E-state index in [2.05, 4.69) is 18.7 Å². The van der Waals surface area contributed by atoms with Crippen molar-refractivity contribution >= 4 is 17.6 Å². The molecule has 8 nitrogen and oxygen atoms in total. The number of piperazine rings is 1. The van der Waals surface area contributed by atoms with Crippen LogP contribution in [0.1, 0.15) is 34.1 Å². The minimum Gasteiger partial charge on any atom is -0.465 e. The number of anilines is 1. The number of cyclic esters (lactones) is 1. The van der Waals surface area contributed by atoms with E-state index in [1.165, 1.54) is 0 Å². The van der Waals surface area contributed by atoms with Crippen molar-refractivity contribution in [3.05, 3.63) is 24.3 Å². The summed E-state index contributed by atoms with van der Waals surface area (Å²) in [6, 6.07) is 7.12. The van der Waals surface area contributed by atoms with Gasteiger partial charge in [0.2, 0.25) is 5.91 Å². The second-order valence-electron chi connectivity index (χ2n) is 9.42. The first kappa shape index (κ1) is 23.5. The number of hydrogen-bond acceptors (Lipinski definition) is 7. The summed E-state index contributed by atoms with van der Waals surface area (Å²) in [6.07, 6.45) is 0.322. The standard InChI is InChI=1S/C23H35N3O5/c1-15(2)16-10-20(31-22(16)28)17(24)11-25-12-21(27)26(13-23(25,3)4)18-8-6-7-9-19(18)30-14-29-5/h6-9,15-17,20H,10-14,24H2,1-5H3/t16-,17-,20-/m0/s1. The summed E-state index contributed by atoms with van der Waals surface area (Å²) in [5.74, 6) is 0.542. The molecule has 2 aliphatic rings. The van der Waals surface area contributed by atoms with Crippen LogP contribution < -0.4 is 15.4 Å². The molecule has 2 saturated heterocycles. The van der Waals surface area contributed by atoms with Crippen molar-refractivity contribution in [1.82, 2.24) is 4.90 Å². The van der Waals surface area contributed by atoms with Crippen LogP contribution in [0.3, 0.4) is 0 Å². The SMILES string of the molecule is COCOc1ccccc1N1CC(C)(C)N(C[C@H](N)[C@@H]2C[C@@H](C(C)C)C(=O)O2)CC1=O. The summed E-state index contributed by atoms with van der Waals surface area (Å²) in [6.45, 7) is 9.55. The Morgan fingerprint density at radius 2 is 1.97 bits per heavy atom. The number of carbonyl (C=O) groups excluding carboxylic acids is 2. The van der Waals surface area contributed by atoms with E-state index >= 15 is 0 Å². The quantitative estimate of drug-likeness (QED) is 0.495. The number of benzene rings is 1. The molecule has 2 N–H and O–H groups in total. The van der Waals surface area contributed by atoms with Crippen molar-refractivity contribution in [3.63, 3.8) is 0 Å². The van der Waals surface area contributed by atoms with Gasteiger partial charge < -0.3 is 24.8 Å². The third-order valence-corrected chi connectivity index (χ3v) is 6.29. The maximum atomic E-state index is 13.1. The number of carbonyl (C=O) groups is 2. The van der Waals surface area contributed by atoms with Gasteiger partial charge in [0.1, 0.15) is 11.9 Å². The molecule has 172 valence electrons. The van der Waals surface area contributed by atoms with Crippen LogP contribution in [0.2, 0.25) is 0 Å². The van der Waals surface area contributed by atoms with Gasteiger partial charge >= 0.3 is 5.97 Å². The Morgan fingerprint density at radius 3 is 2.61 bits per heavy atom. The van der Waals surface area contributed by atoms with Crippen molar-refractivity contribution in [1.29, 1.82) is 0 Å². The highest BCUT2D eigenvalue weighted by atomic mass is 16.7. The van der Waals surface area contributed by atoms with Crippen LogP contribution in [-0.4, -0.2) is 68.0 Å². The lowest BCUT2D eigenvalue weighted by Crippen LogP contribution is -2.64. The summed E-state index contributed by atoms with van der Waals surface area (Å²) in [5, 5.41) is 0. The normalized spacial score (nSPS) is 25.1. The minimum absolute atomic E-state index is 0.0246. The van der Waals surface area contributed by atoms with Gasteiger partial charge in [-0.25, -0.2) is 0 Å². The molecule has 2 fully saturated rings. The fourth-order valence-electron chi connectivity index (χ4n) is 4.30. The van der Waals surface area contributed by atoms with Crippen molar-refractivity contribution in [2.45, 2.75) is 51.8 Å². The van der Waals surface area contributed by atoms with Gasteiger partial charge in [0, 0.05) is 25.7 Å². The van der Waals surface area contributed by atoms with Crippen molar-refractivity contribution in [3.8, 4) is 5.75 Å². The monoisotopic (exact) mass is 433 g/mol. The first-order chi connectivity index (χ1) is 14.6. The van der Waals surface area contributed by atoms with Gasteiger partial charge in [0.05, 0.1) is 24.2 Å². The number of amides is 1. The molecule has 2 aliphatic heterocycles. The second-order valence-corrected chi connectivity index (χ2v) is 9.42. The molecule has 31 heavy (non-hydrogen) atoms. The number of methoxy groups -OCH3 is 1. The van der Waals surface area contributed by atoms with Gasteiger partial charge in [0.15, 0.2) is 6.79 Å². The van der Waals surface area contributed by atoms with Gasteiger partial charge in [-0.15, -0.1) is 0 Å². The van der Waals surface area contributed by atoms with E-state index in [1.807, 2.05) is 38.1 Å². The Labute approximate surface area is 184 Å². The summed E-state index contributed by atoms with van der Waals surface area (Å²) < 4.78 is 16.2. The van der Waals surface area contributed by atoms with Crippen LogP contribution in [0.5, 0.6) is 5.75 Å². The molecule has 1 amide bonds. The molecular formula is C23H35N3O5. The zero-order chi connectivity index (χ0) is 22.8. The number of nitrogens with zero attached hydrogens (tertiary/aromatic N) is 2. The third-order valence-electron chi connectivity index (χ3n) is 6.29. The maximum absolute atomic E-state index is 13.1. The molecular weight excluding hydrogens is 398 g/mol. The van der Waals surface area contributed by atoms with Crippen LogP contribution in [-0.2, 0) is 19.1 Å². The van der Waals surface area contributed by atoms with Gasteiger partial charge in [0.25, 0.3) is 0 Å². The molecule has 0 aromatic heterocycles. The fourth-order valence-corrected chi connectivity index (χ4v) is 4.30. The summed E-state index contributed by atoms with van der Waals surface area (Å²) in [5.41, 5.74) is 6.86. The lowest BCUT2D eigenvalue weighted by Gasteiger charge is -2.47. The summed E-state index contributed by atoms with van der Waals surface area (Å²) in [4.78, 5) is 29.1. The first-order valence-corrected chi connectivity index (χ1v) is 10.9. The minimum atomic E-state index is -0.344. The third kappa shape index (κ3) is 5.19. The average Bonchev–Trinajstić information content (AvgIpc) is 3.11. The lowest BCUT2D eigenvalue weighted by molar-refractivity contribution is -0.146. The molecule has 0 bridgehead atoms. The molecule has 1 aromatic carbocycles. The zero-order valence-electron chi connectivity index (χ0n) is 19.2. The predicted molar refractivity (Wildman–Crippen MR) is 118 cm³/mol. The number of nitrogens with two attached hydrogens (primary N) is 1. The summed E-state index contributed by atoms with van der Waals surface area (Å²) in [7, 11) is 1.56. The predicted octanol–water partition coefficient (Wildman–Crippen LogP) is 2.01. The molecule has 0 radical (unpaired) electrons. The zero-order valence-corrected chi connectivity index (χ0v) is 19.2. The van der Waals surface area contributed by atoms with Gasteiger partial charge in [-0.05, 0) is 38.3 Å². The van der Waals surface area contributed by atoms with Crippen molar-refractivity contribution in [2.75, 3.05) is 38.4 Å². The molecule has 3 rings (SSSR count). The number of hydrogen-bond donors (Lipinski definition) is 1. The van der Waals surface area contributed by atoms with Crippen LogP contribution in [0, 0.1) is 11.8 Å². The Bertz CT molecular complexity index is 797. The molecule has 0 spiro atoms. The number of rotatable bonds is 8. The fraction of sp³-hybridized carbons (Fsp3) is 0.652. The highest BCUT2D eigenvalue weighted by Crippen LogP contribution is 2.34. The Hall–Kier alpha value is -2.16. The van der Waals surface area contributed by atoms with Gasteiger partial charge in [-0.3, -0.25) is 14.5 Å². The Balaban J connectivity index is 1.69. The first-order valence-electron chi connectivity index (χ1n) is 10.9. The molecule has 0 saturated carbocycles. The van der Waals surface area contributed by atoms with E-state index in [-0.39, 0.29) is 54.7 Å². The van der Waals surface area contributed by atoms with Crippen LogP contribution >= 0.6 is 0 Å². The number of ether oxygens (including phenoxy) is 3. The van der Waals surface area contributed by atoms with Crippen LogP contribution in [0.25, 0.3) is 0 Å².